The van der Waals surface area contributed by atoms with Crippen LogP contribution in [0.5, 0.6) is 0 Å². The van der Waals surface area contributed by atoms with Gasteiger partial charge in [-0.1, -0.05) is 12.1 Å². The topological polar surface area (TPSA) is 46.8 Å². The van der Waals surface area contributed by atoms with Crippen LogP contribution in [-0.4, -0.2) is 44.7 Å². The van der Waals surface area contributed by atoms with Crippen molar-refractivity contribution in [3.05, 3.63) is 41.5 Å². The Hall–Kier alpha value is -1.82. The van der Waals surface area contributed by atoms with E-state index in [1.165, 1.54) is 37.9 Å². The molecule has 1 fully saturated rings. The number of aryl methyl sites for hydroxylation is 3. The molecule has 1 aromatic heterocycles. The van der Waals surface area contributed by atoms with E-state index in [0.717, 1.165) is 37.7 Å². The van der Waals surface area contributed by atoms with Crippen molar-refractivity contribution in [1.82, 2.24) is 25.1 Å². The molecule has 1 aromatic carbocycles. The van der Waals surface area contributed by atoms with Crippen LogP contribution in [0, 0.1) is 18.7 Å². The molecule has 6 heteroatoms. The molecule has 0 N–H and O–H groups in total. The Bertz CT molecular complexity index is 625. The summed E-state index contributed by atoms with van der Waals surface area (Å²) in [5.41, 5.74) is 1.24. The number of hydrogen-bond acceptors (Lipinski definition) is 4. The first-order chi connectivity index (χ1) is 11.7. The Kier molecular flexibility index (Phi) is 5.91. The van der Waals surface area contributed by atoms with E-state index in [-0.39, 0.29) is 5.82 Å². The summed E-state index contributed by atoms with van der Waals surface area (Å²) in [4.78, 5) is 2.57. The summed E-state index contributed by atoms with van der Waals surface area (Å²) < 4.78 is 14.8. The Morgan fingerprint density at radius 1 is 1.21 bits per heavy atom. The maximum absolute atomic E-state index is 13.0. The molecule has 0 saturated carbocycles. The predicted molar refractivity (Wildman–Crippen MR) is 91.1 cm³/mol. The van der Waals surface area contributed by atoms with Crippen LogP contribution in [0.2, 0.25) is 0 Å². The van der Waals surface area contributed by atoms with E-state index in [2.05, 4.69) is 20.4 Å². The number of halogens is 1. The predicted octanol–water partition coefficient (Wildman–Crippen LogP) is 2.86. The quantitative estimate of drug-likeness (QED) is 0.783. The van der Waals surface area contributed by atoms with E-state index in [1.54, 1.807) is 12.1 Å². The van der Waals surface area contributed by atoms with Crippen LogP contribution in [0.15, 0.2) is 24.3 Å². The lowest BCUT2D eigenvalue weighted by Gasteiger charge is -2.32. The Balaban J connectivity index is 1.39. The van der Waals surface area contributed by atoms with Gasteiger partial charge in [-0.25, -0.2) is 9.07 Å². The van der Waals surface area contributed by atoms with Gasteiger partial charge in [-0.2, -0.15) is 0 Å². The van der Waals surface area contributed by atoms with Crippen molar-refractivity contribution in [3.63, 3.8) is 0 Å². The normalized spacial score (nSPS) is 18.8. The molecule has 0 radical (unpaired) electrons. The lowest BCUT2D eigenvalue weighted by molar-refractivity contribution is 0.164. The first-order valence-corrected chi connectivity index (χ1v) is 8.90. The van der Waals surface area contributed by atoms with Gasteiger partial charge in [0.2, 0.25) is 0 Å². The molecule has 3 rings (SSSR count). The van der Waals surface area contributed by atoms with Crippen molar-refractivity contribution in [3.8, 4) is 0 Å². The third-order valence-electron chi connectivity index (χ3n) is 4.91. The molecule has 2 heterocycles. The summed E-state index contributed by atoms with van der Waals surface area (Å²) in [7, 11) is 0. The molecule has 0 aliphatic carbocycles. The van der Waals surface area contributed by atoms with Gasteiger partial charge in [0.25, 0.3) is 0 Å². The van der Waals surface area contributed by atoms with Crippen molar-refractivity contribution < 1.29 is 4.39 Å². The zero-order valence-corrected chi connectivity index (χ0v) is 14.4. The van der Waals surface area contributed by atoms with E-state index in [9.17, 15) is 4.39 Å². The average Bonchev–Trinajstić information content (AvgIpc) is 3.00. The Morgan fingerprint density at radius 2 is 2.04 bits per heavy atom. The number of nitrogens with zero attached hydrogens (tertiary/aromatic N) is 5. The van der Waals surface area contributed by atoms with E-state index in [0.29, 0.717) is 0 Å². The maximum atomic E-state index is 13.0. The molecule has 0 spiro atoms. The zero-order valence-electron chi connectivity index (χ0n) is 14.4. The fourth-order valence-corrected chi connectivity index (χ4v) is 3.51. The highest BCUT2D eigenvalue weighted by Gasteiger charge is 2.19. The second-order valence-electron chi connectivity index (χ2n) is 6.78. The highest BCUT2D eigenvalue weighted by atomic mass is 19.1. The molecule has 0 amide bonds. The summed E-state index contributed by atoms with van der Waals surface area (Å²) in [6.07, 6.45) is 5.90. The Morgan fingerprint density at radius 3 is 2.79 bits per heavy atom. The summed E-state index contributed by atoms with van der Waals surface area (Å²) in [5.74, 6) is 1.48. The minimum atomic E-state index is -0.152. The fourth-order valence-electron chi connectivity index (χ4n) is 3.51. The molecular formula is C18H26FN5. The van der Waals surface area contributed by atoms with Gasteiger partial charge in [0.05, 0.1) is 0 Å². The van der Waals surface area contributed by atoms with Crippen LogP contribution in [0.4, 0.5) is 4.39 Å². The standard InChI is InChI=1S/C18H26FN5/c1-15-20-21-22-24(15)13-3-12-23-11-2-4-17(14-23)6-5-16-7-9-18(19)10-8-16/h7-10,17H,2-6,11-14H2,1H3/t17-/m1/s1. The summed E-state index contributed by atoms with van der Waals surface area (Å²) in [6.45, 7) is 6.30. The van der Waals surface area contributed by atoms with Crippen molar-refractivity contribution in [1.29, 1.82) is 0 Å². The lowest BCUT2D eigenvalue weighted by Crippen LogP contribution is -2.36. The zero-order chi connectivity index (χ0) is 16.8. The SMILES string of the molecule is Cc1nnnn1CCCN1CCC[C@H](CCc2ccc(F)cc2)C1. The summed E-state index contributed by atoms with van der Waals surface area (Å²) >= 11 is 0. The molecular weight excluding hydrogens is 305 g/mol. The third-order valence-corrected chi connectivity index (χ3v) is 4.91. The second kappa shape index (κ2) is 8.33. The van der Waals surface area contributed by atoms with Crippen LogP contribution in [0.25, 0.3) is 0 Å². The molecule has 1 aliphatic rings. The maximum Gasteiger partial charge on any atom is 0.148 e. The van der Waals surface area contributed by atoms with Gasteiger partial charge in [0, 0.05) is 13.1 Å². The monoisotopic (exact) mass is 331 g/mol. The van der Waals surface area contributed by atoms with Crippen LogP contribution in [-0.2, 0) is 13.0 Å². The van der Waals surface area contributed by atoms with E-state index >= 15 is 0 Å². The van der Waals surface area contributed by atoms with Crippen molar-refractivity contribution in [2.45, 2.75) is 45.6 Å². The molecule has 2 aromatic rings. The lowest BCUT2D eigenvalue weighted by atomic mass is 9.91. The Labute approximate surface area is 142 Å². The highest BCUT2D eigenvalue weighted by molar-refractivity contribution is 5.16. The third kappa shape index (κ3) is 4.84. The number of likely N-dealkylation sites (tertiary alicyclic amines) is 1. The smallest absolute Gasteiger partial charge is 0.148 e. The number of piperidine rings is 1. The molecule has 24 heavy (non-hydrogen) atoms. The number of benzene rings is 1. The largest absolute Gasteiger partial charge is 0.303 e. The average molecular weight is 331 g/mol. The van der Waals surface area contributed by atoms with Crippen LogP contribution in [0.1, 0.15) is 37.1 Å². The van der Waals surface area contributed by atoms with E-state index < -0.39 is 0 Å². The van der Waals surface area contributed by atoms with Gasteiger partial charge in [0.1, 0.15) is 11.6 Å². The van der Waals surface area contributed by atoms with Crippen LogP contribution < -0.4 is 0 Å². The highest BCUT2D eigenvalue weighted by Crippen LogP contribution is 2.22. The van der Waals surface area contributed by atoms with Crippen LogP contribution in [0.3, 0.4) is 0 Å². The number of aromatic nitrogens is 4. The van der Waals surface area contributed by atoms with Gasteiger partial charge < -0.3 is 4.90 Å². The van der Waals surface area contributed by atoms with E-state index in [1.807, 2.05) is 23.7 Å². The van der Waals surface area contributed by atoms with Crippen molar-refractivity contribution >= 4 is 0 Å². The number of hydrogen-bond donors (Lipinski definition) is 0. The fraction of sp³-hybridized carbons (Fsp3) is 0.611. The molecule has 1 saturated heterocycles. The molecule has 5 nitrogen and oxygen atoms in total. The van der Waals surface area contributed by atoms with Gasteiger partial charge in [-0.3, -0.25) is 0 Å². The van der Waals surface area contributed by atoms with Gasteiger partial charge in [0.15, 0.2) is 0 Å². The number of tetrazole rings is 1. The minimum Gasteiger partial charge on any atom is -0.303 e. The van der Waals surface area contributed by atoms with E-state index in [4.69, 9.17) is 0 Å². The summed E-state index contributed by atoms with van der Waals surface area (Å²) in [6, 6.07) is 6.93. The molecule has 0 unspecified atom stereocenters. The molecule has 1 atom stereocenters. The van der Waals surface area contributed by atoms with Crippen molar-refractivity contribution in [2.24, 2.45) is 5.92 Å². The van der Waals surface area contributed by atoms with Gasteiger partial charge >= 0.3 is 0 Å². The first kappa shape index (κ1) is 17.0. The molecule has 0 bridgehead atoms. The first-order valence-electron chi connectivity index (χ1n) is 8.90. The minimum absolute atomic E-state index is 0.152. The second-order valence-corrected chi connectivity index (χ2v) is 6.78. The van der Waals surface area contributed by atoms with Crippen molar-refractivity contribution in [2.75, 3.05) is 19.6 Å². The molecule has 130 valence electrons. The number of rotatable bonds is 7. The summed E-state index contributed by atoms with van der Waals surface area (Å²) in [5, 5.41) is 11.6. The molecule has 1 aliphatic heterocycles. The van der Waals surface area contributed by atoms with Crippen LogP contribution >= 0.6 is 0 Å². The van der Waals surface area contributed by atoms with Gasteiger partial charge in [-0.15, -0.1) is 5.10 Å². The van der Waals surface area contributed by atoms with Gasteiger partial charge in [-0.05, 0) is 86.2 Å².